The van der Waals surface area contributed by atoms with E-state index in [4.69, 9.17) is 10.2 Å². The van der Waals surface area contributed by atoms with Crippen molar-refractivity contribution in [2.24, 2.45) is 0 Å². The first-order valence-electron chi connectivity index (χ1n) is 3.50. The number of ether oxygens (including phenoxy) is 1. The molecule has 0 aromatic carbocycles. The number of carbonyl (C=O) groups excluding carboxylic acids is 1. The van der Waals surface area contributed by atoms with Gasteiger partial charge in [0, 0.05) is 0 Å². The molecule has 0 saturated carbocycles. The van der Waals surface area contributed by atoms with Gasteiger partial charge in [0.1, 0.15) is 6.04 Å². The van der Waals surface area contributed by atoms with Gasteiger partial charge in [0.05, 0.1) is 12.7 Å². The molecule has 7 nitrogen and oxygen atoms in total. The smallest absolute Gasteiger partial charge is 0.412 e. The van der Waals surface area contributed by atoms with Gasteiger partial charge in [-0.2, -0.15) is 0 Å². The Morgan fingerprint density at radius 2 is 2.00 bits per heavy atom. The van der Waals surface area contributed by atoms with E-state index in [9.17, 15) is 14.4 Å². The van der Waals surface area contributed by atoms with Gasteiger partial charge in [-0.3, -0.25) is 4.79 Å². The first-order valence-corrected chi connectivity index (χ1v) is 3.50. The van der Waals surface area contributed by atoms with Crippen LogP contribution in [0.3, 0.4) is 0 Å². The average molecular weight is 203 g/mol. The molecule has 0 aromatic heterocycles. The Hall–Kier alpha value is -2.05. The van der Waals surface area contributed by atoms with Crippen LogP contribution in [0.25, 0.3) is 0 Å². The van der Waals surface area contributed by atoms with Gasteiger partial charge in [0.2, 0.25) is 0 Å². The van der Waals surface area contributed by atoms with Gasteiger partial charge in [0.25, 0.3) is 0 Å². The van der Waals surface area contributed by atoms with Crippen LogP contribution in [0.2, 0.25) is 0 Å². The fourth-order valence-electron chi connectivity index (χ4n) is 0.627. The highest BCUT2D eigenvalue weighted by Crippen LogP contribution is 1.93. The minimum atomic E-state index is -1.51. The number of carboxylic acid groups (broad SMARTS) is 2. The van der Waals surface area contributed by atoms with Crippen LogP contribution < -0.4 is 5.32 Å². The van der Waals surface area contributed by atoms with E-state index in [0.717, 1.165) is 6.26 Å². The number of hydrogen-bond acceptors (Lipinski definition) is 4. The zero-order valence-electron chi connectivity index (χ0n) is 7.10. The van der Waals surface area contributed by atoms with Crippen LogP contribution in [0.4, 0.5) is 4.79 Å². The molecule has 78 valence electrons. The van der Waals surface area contributed by atoms with Crippen LogP contribution in [0, 0.1) is 0 Å². The zero-order chi connectivity index (χ0) is 11.1. The minimum absolute atomic E-state index is 0.721. The lowest BCUT2D eigenvalue weighted by molar-refractivity contribution is -0.145. The molecule has 14 heavy (non-hydrogen) atoms. The predicted molar refractivity (Wildman–Crippen MR) is 43.5 cm³/mol. The average Bonchev–Trinajstić information content (AvgIpc) is 2.02. The van der Waals surface area contributed by atoms with E-state index in [2.05, 4.69) is 11.3 Å². The second-order valence-corrected chi connectivity index (χ2v) is 2.20. The van der Waals surface area contributed by atoms with Crippen molar-refractivity contribution in [3.05, 3.63) is 12.8 Å². The lowest BCUT2D eigenvalue weighted by atomic mass is 10.2. The Morgan fingerprint density at radius 3 is 2.36 bits per heavy atom. The summed E-state index contributed by atoms with van der Waals surface area (Å²) in [6.07, 6.45) is -0.981. The van der Waals surface area contributed by atoms with Crippen molar-refractivity contribution in [2.45, 2.75) is 12.5 Å². The molecule has 0 aliphatic rings. The Kier molecular flexibility index (Phi) is 4.76. The lowest BCUT2D eigenvalue weighted by Gasteiger charge is -2.10. The van der Waals surface area contributed by atoms with Crippen LogP contribution in [-0.2, 0) is 14.3 Å². The van der Waals surface area contributed by atoms with Crippen molar-refractivity contribution in [3.63, 3.8) is 0 Å². The molecule has 1 unspecified atom stereocenters. The fourth-order valence-corrected chi connectivity index (χ4v) is 0.627. The van der Waals surface area contributed by atoms with E-state index < -0.39 is 30.5 Å². The standard InChI is InChI=1S/C7H9NO6/c1-2-14-7(13)8-4(6(11)12)3-5(9)10/h2,4H,1,3H2,(H,8,13)(H,9,10)(H,11,12). The molecule has 1 atom stereocenters. The molecule has 0 aromatic rings. The Bertz CT molecular complexity index is 261. The van der Waals surface area contributed by atoms with Crippen LogP contribution in [0.1, 0.15) is 6.42 Å². The highest BCUT2D eigenvalue weighted by molar-refractivity contribution is 5.84. The molecule has 0 fully saturated rings. The summed E-state index contributed by atoms with van der Waals surface area (Å²) >= 11 is 0. The third kappa shape index (κ3) is 4.75. The first kappa shape index (κ1) is 11.9. The van der Waals surface area contributed by atoms with Gasteiger partial charge in [-0.1, -0.05) is 6.58 Å². The fraction of sp³-hybridized carbons (Fsp3) is 0.286. The van der Waals surface area contributed by atoms with Crippen LogP contribution in [0.15, 0.2) is 12.8 Å². The molecule has 0 aliphatic carbocycles. The summed E-state index contributed by atoms with van der Waals surface area (Å²) in [5.74, 6) is -2.79. The first-order chi connectivity index (χ1) is 6.47. The molecule has 3 N–H and O–H groups in total. The molecular weight excluding hydrogens is 194 g/mol. The van der Waals surface area contributed by atoms with Gasteiger partial charge in [0.15, 0.2) is 0 Å². The number of rotatable bonds is 5. The van der Waals surface area contributed by atoms with E-state index in [-0.39, 0.29) is 0 Å². The number of hydrogen-bond donors (Lipinski definition) is 3. The molecular formula is C7H9NO6. The van der Waals surface area contributed by atoms with Gasteiger partial charge < -0.3 is 20.3 Å². The monoisotopic (exact) mass is 203 g/mol. The van der Waals surface area contributed by atoms with E-state index in [1.54, 1.807) is 0 Å². The van der Waals surface area contributed by atoms with Crippen molar-refractivity contribution >= 4 is 18.0 Å². The second-order valence-electron chi connectivity index (χ2n) is 2.20. The third-order valence-corrected chi connectivity index (χ3v) is 1.16. The maximum absolute atomic E-state index is 10.7. The summed E-state index contributed by atoms with van der Waals surface area (Å²) in [5, 5.41) is 18.6. The molecule has 0 saturated heterocycles. The van der Waals surface area contributed by atoms with Crippen molar-refractivity contribution in [1.82, 2.24) is 5.32 Å². The normalized spacial score (nSPS) is 11.1. The maximum atomic E-state index is 10.7. The van der Waals surface area contributed by atoms with E-state index in [0.29, 0.717) is 0 Å². The van der Waals surface area contributed by atoms with Gasteiger partial charge in [-0.15, -0.1) is 0 Å². The largest absolute Gasteiger partial charge is 0.481 e. The quantitative estimate of drug-likeness (QED) is 0.532. The predicted octanol–water partition coefficient (Wildman–Crippen LogP) is -0.216. The number of carboxylic acids is 2. The summed E-state index contributed by atoms with van der Waals surface area (Å²) in [6.45, 7) is 3.07. The van der Waals surface area contributed by atoms with E-state index >= 15 is 0 Å². The number of amides is 1. The molecule has 1 amide bonds. The van der Waals surface area contributed by atoms with Gasteiger partial charge >= 0.3 is 18.0 Å². The summed E-state index contributed by atoms with van der Waals surface area (Å²) < 4.78 is 4.16. The van der Waals surface area contributed by atoms with Crippen molar-refractivity contribution in [2.75, 3.05) is 0 Å². The third-order valence-electron chi connectivity index (χ3n) is 1.16. The van der Waals surface area contributed by atoms with Crippen molar-refractivity contribution in [3.8, 4) is 0 Å². The maximum Gasteiger partial charge on any atom is 0.412 e. The number of aliphatic carboxylic acids is 2. The second kappa shape index (κ2) is 5.57. The lowest BCUT2D eigenvalue weighted by Crippen LogP contribution is -2.42. The molecule has 0 radical (unpaired) electrons. The molecule has 0 rings (SSSR count). The summed E-state index contributed by atoms with van der Waals surface area (Å²) in [5.41, 5.74) is 0. The summed E-state index contributed by atoms with van der Waals surface area (Å²) in [6, 6.07) is -1.51. The molecule has 7 heteroatoms. The van der Waals surface area contributed by atoms with Gasteiger partial charge in [-0.25, -0.2) is 9.59 Å². The van der Waals surface area contributed by atoms with Crippen molar-refractivity contribution in [1.29, 1.82) is 0 Å². The topological polar surface area (TPSA) is 113 Å². The Morgan fingerprint density at radius 1 is 1.43 bits per heavy atom. The molecule has 0 heterocycles. The number of carbonyl (C=O) groups is 3. The minimum Gasteiger partial charge on any atom is -0.481 e. The molecule has 0 aliphatic heterocycles. The van der Waals surface area contributed by atoms with Crippen molar-refractivity contribution < 1.29 is 29.3 Å². The summed E-state index contributed by atoms with van der Waals surface area (Å²) in [7, 11) is 0. The number of nitrogens with one attached hydrogen (secondary N) is 1. The number of alkyl carbamates (subject to hydrolysis) is 1. The molecule has 0 spiro atoms. The Labute approximate surface area is 79.0 Å². The van der Waals surface area contributed by atoms with Crippen LogP contribution in [-0.4, -0.2) is 34.3 Å². The van der Waals surface area contributed by atoms with E-state index in [1.165, 1.54) is 0 Å². The van der Waals surface area contributed by atoms with E-state index in [1.807, 2.05) is 5.32 Å². The van der Waals surface area contributed by atoms with Crippen LogP contribution in [0.5, 0.6) is 0 Å². The Balaban J connectivity index is 4.22. The summed E-state index contributed by atoms with van der Waals surface area (Å²) in [4.78, 5) is 31.3. The molecule has 0 bridgehead atoms. The SMILES string of the molecule is C=COC(=O)NC(CC(=O)O)C(=O)O. The highest BCUT2D eigenvalue weighted by Gasteiger charge is 2.23. The van der Waals surface area contributed by atoms with Crippen LogP contribution >= 0.6 is 0 Å². The highest BCUT2D eigenvalue weighted by atomic mass is 16.5. The zero-order valence-corrected chi connectivity index (χ0v) is 7.10. The van der Waals surface area contributed by atoms with Gasteiger partial charge in [-0.05, 0) is 0 Å².